The van der Waals surface area contributed by atoms with Crippen molar-refractivity contribution in [2.45, 2.75) is 32.7 Å². The van der Waals surface area contributed by atoms with E-state index < -0.39 is 0 Å². The van der Waals surface area contributed by atoms with Crippen LogP contribution in [0.1, 0.15) is 26.7 Å². The van der Waals surface area contributed by atoms with Crippen molar-refractivity contribution >= 4 is 23.1 Å². The van der Waals surface area contributed by atoms with E-state index in [0.29, 0.717) is 17.6 Å². The number of carbonyl (C=O) groups excluding carboxylic acids is 1. The Morgan fingerprint density at radius 1 is 1.43 bits per heavy atom. The van der Waals surface area contributed by atoms with Gasteiger partial charge in [0.15, 0.2) is 0 Å². The standard InChI is InChI=1S/C9H19N3OS/c1-7(2)12(6-8(10)13)5-3-4-9(11)14/h7H,3-6H2,1-2H3,(H2,10,13)(H2,11,14). The van der Waals surface area contributed by atoms with Crippen molar-refractivity contribution in [3.05, 3.63) is 0 Å². The second kappa shape index (κ2) is 6.73. The fourth-order valence-electron chi connectivity index (χ4n) is 1.18. The van der Waals surface area contributed by atoms with Gasteiger partial charge in [0.05, 0.1) is 11.5 Å². The first-order valence-corrected chi connectivity index (χ1v) is 5.15. The van der Waals surface area contributed by atoms with E-state index >= 15 is 0 Å². The highest BCUT2D eigenvalue weighted by Crippen LogP contribution is 2.01. The fraction of sp³-hybridized carbons (Fsp3) is 0.778. The number of nitrogens with zero attached hydrogens (tertiary/aromatic N) is 1. The molecule has 0 aromatic heterocycles. The monoisotopic (exact) mass is 217 g/mol. The molecule has 0 unspecified atom stereocenters. The van der Waals surface area contributed by atoms with Crippen LogP contribution in [0.5, 0.6) is 0 Å². The second-order valence-corrected chi connectivity index (χ2v) is 4.12. The van der Waals surface area contributed by atoms with Gasteiger partial charge in [0.25, 0.3) is 0 Å². The van der Waals surface area contributed by atoms with E-state index in [1.54, 1.807) is 0 Å². The summed E-state index contributed by atoms with van der Waals surface area (Å²) in [4.78, 5) is 13.3. The average molecular weight is 217 g/mol. The molecule has 0 saturated carbocycles. The van der Waals surface area contributed by atoms with E-state index in [1.165, 1.54) is 0 Å². The number of nitrogens with two attached hydrogens (primary N) is 2. The lowest BCUT2D eigenvalue weighted by atomic mass is 10.2. The van der Waals surface area contributed by atoms with Crippen molar-refractivity contribution < 1.29 is 4.79 Å². The Morgan fingerprint density at radius 2 is 2.00 bits per heavy atom. The van der Waals surface area contributed by atoms with Crippen LogP contribution in [0.2, 0.25) is 0 Å². The van der Waals surface area contributed by atoms with E-state index in [1.807, 2.05) is 18.7 Å². The lowest BCUT2D eigenvalue weighted by molar-refractivity contribution is -0.119. The highest BCUT2D eigenvalue weighted by Gasteiger charge is 2.11. The predicted octanol–water partition coefficient (Wildman–Crippen LogP) is 0.248. The summed E-state index contributed by atoms with van der Waals surface area (Å²) in [6.45, 7) is 5.17. The van der Waals surface area contributed by atoms with Crippen molar-refractivity contribution in [3.8, 4) is 0 Å². The van der Waals surface area contributed by atoms with Crippen LogP contribution in [0.4, 0.5) is 0 Å². The molecule has 0 fully saturated rings. The fourth-order valence-corrected chi connectivity index (χ4v) is 1.32. The molecule has 0 spiro atoms. The zero-order valence-corrected chi connectivity index (χ0v) is 9.64. The van der Waals surface area contributed by atoms with Gasteiger partial charge in [-0.15, -0.1) is 0 Å². The molecule has 0 radical (unpaired) electrons. The lowest BCUT2D eigenvalue weighted by Crippen LogP contribution is -2.39. The summed E-state index contributed by atoms with van der Waals surface area (Å²) >= 11 is 4.77. The van der Waals surface area contributed by atoms with Gasteiger partial charge in [0.2, 0.25) is 5.91 Å². The third kappa shape index (κ3) is 6.80. The molecule has 4 N–H and O–H groups in total. The zero-order valence-electron chi connectivity index (χ0n) is 8.82. The number of hydrogen-bond acceptors (Lipinski definition) is 3. The number of rotatable bonds is 7. The summed E-state index contributed by atoms with van der Waals surface area (Å²) in [5.74, 6) is -0.297. The van der Waals surface area contributed by atoms with Crippen LogP contribution in [-0.2, 0) is 4.79 Å². The van der Waals surface area contributed by atoms with Gasteiger partial charge in [0, 0.05) is 6.04 Å². The smallest absolute Gasteiger partial charge is 0.231 e. The van der Waals surface area contributed by atoms with Crippen molar-refractivity contribution in [1.82, 2.24) is 4.90 Å². The van der Waals surface area contributed by atoms with Crippen LogP contribution in [0.15, 0.2) is 0 Å². The maximum atomic E-state index is 10.7. The Bertz CT molecular complexity index is 206. The van der Waals surface area contributed by atoms with Gasteiger partial charge < -0.3 is 11.5 Å². The third-order valence-electron chi connectivity index (χ3n) is 1.96. The Kier molecular flexibility index (Phi) is 6.40. The highest BCUT2D eigenvalue weighted by atomic mass is 32.1. The minimum atomic E-state index is -0.297. The number of carbonyl (C=O) groups is 1. The van der Waals surface area contributed by atoms with E-state index in [9.17, 15) is 4.79 Å². The van der Waals surface area contributed by atoms with Gasteiger partial charge in [-0.3, -0.25) is 9.69 Å². The van der Waals surface area contributed by atoms with Gasteiger partial charge in [-0.2, -0.15) is 0 Å². The SMILES string of the molecule is CC(C)N(CCCC(N)=S)CC(N)=O. The van der Waals surface area contributed by atoms with E-state index in [4.69, 9.17) is 23.7 Å². The first-order valence-electron chi connectivity index (χ1n) is 4.74. The van der Waals surface area contributed by atoms with Gasteiger partial charge >= 0.3 is 0 Å². The third-order valence-corrected chi connectivity index (χ3v) is 2.16. The molecular formula is C9H19N3OS. The Hall–Kier alpha value is -0.680. The summed E-state index contributed by atoms with van der Waals surface area (Å²) in [6.07, 6.45) is 1.60. The first kappa shape index (κ1) is 13.3. The number of thiocarbonyl (C=S) groups is 1. The van der Waals surface area contributed by atoms with Crippen LogP contribution >= 0.6 is 12.2 Å². The molecule has 5 heteroatoms. The molecule has 14 heavy (non-hydrogen) atoms. The van der Waals surface area contributed by atoms with Crippen LogP contribution in [0.25, 0.3) is 0 Å². The summed E-state index contributed by atoms with van der Waals surface area (Å²) in [6, 6.07) is 0.314. The largest absolute Gasteiger partial charge is 0.393 e. The van der Waals surface area contributed by atoms with E-state index in [2.05, 4.69) is 0 Å². The molecule has 0 aliphatic rings. The summed E-state index contributed by atoms with van der Waals surface area (Å²) in [5, 5.41) is 0. The molecule has 0 aromatic rings. The van der Waals surface area contributed by atoms with Crippen LogP contribution in [0.3, 0.4) is 0 Å². The van der Waals surface area contributed by atoms with Gasteiger partial charge in [0.1, 0.15) is 0 Å². The number of hydrogen-bond donors (Lipinski definition) is 2. The maximum Gasteiger partial charge on any atom is 0.231 e. The lowest BCUT2D eigenvalue weighted by Gasteiger charge is -2.24. The quantitative estimate of drug-likeness (QED) is 0.600. The zero-order chi connectivity index (χ0) is 11.1. The van der Waals surface area contributed by atoms with Crippen LogP contribution in [0, 0.1) is 0 Å². The number of primary amides is 1. The average Bonchev–Trinajstić information content (AvgIpc) is 2.00. The van der Waals surface area contributed by atoms with Crippen molar-refractivity contribution in [2.75, 3.05) is 13.1 Å². The molecule has 0 aliphatic heterocycles. The predicted molar refractivity (Wildman–Crippen MR) is 61.9 cm³/mol. The van der Waals surface area contributed by atoms with Gasteiger partial charge in [-0.25, -0.2) is 0 Å². The van der Waals surface area contributed by atoms with Crippen molar-refractivity contribution in [3.63, 3.8) is 0 Å². The normalized spacial score (nSPS) is 10.9. The molecule has 0 aromatic carbocycles. The molecule has 0 saturated heterocycles. The topological polar surface area (TPSA) is 72.3 Å². The Balaban J connectivity index is 3.85. The molecule has 82 valence electrons. The molecule has 0 aliphatic carbocycles. The molecule has 0 atom stereocenters. The molecule has 4 nitrogen and oxygen atoms in total. The first-order chi connectivity index (χ1) is 6.43. The second-order valence-electron chi connectivity index (χ2n) is 3.60. The molecule has 1 amide bonds. The van der Waals surface area contributed by atoms with E-state index in [0.717, 1.165) is 19.4 Å². The highest BCUT2D eigenvalue weighted by molar-refractivity contribution is 7.80. The molecular weight excluding hydrogens is 198 g/mol. The Labute approximate surface area is 90.6 Å². The number of amides is 1. The molecule has 0 heterocycles. The van der Waals surface area contributed by atoms with Crippen molar-refractivity contribution in [2.24, 2.45) is 11.5 Å². The summed E-state index contributed by atoms with van der Waals surface area (Å²) in [5.41, 5.74) is 10.5. The van der Waals surface area contributed by atoms with Gasteiger partial charge in [-0.05, 0) is 33.2 Å². The van der Waals surface area contributed by atoms with Crippen LogP contribution in [-0.4, -0.2) is 34.9 Å². The van der Waals surface area contributed by atoms with E-state index in [-0.39, 0.29) is 5.91 Å². The molecule has 0 bridgehead atoms. The maximum absolute atomic E-state index is 10.7. The molecule has 0 rings (SSSR count). The Morgan fingerprint density at radius 3 is 2.36 bits per heavy atom. The summed E-state index contributed by atoms with van der Waals surface area (Å²) < 4.78 is 0. The minimum Gasteiger partial charge on any atom is -0.393 e. The van der Waals surface area contributed by atoms with Crippen LogP contribution < -0.4 is 11.5 Å². The summed E-state index contributed by atoms with van der Waals surface area (Å²) in [7, 11) is 0. The minimum absolute atomic E-state index is 0.297. The van der Waals surface area contributed by atoms with Gasteiger partial charge in [-0.1, -0.05) is 12.2 Å². The van der Waals surface area contributed by atoms with Crippen molar-refractivity contribution in [1.29, 1.82) is 0 Å².